The topological polar surface area (TPSA) is 76.1 Å². The Kier molecular flexibility index (Phi) is 5.13. The van der Waals surface area contributed by atoms with Gasteiger partial charge in [0.05, 0.1) is 5.56 Å². The fourth-order valence-corrected chi connectivity index (χ4v) is 0.831. The molecule has 0 bridgehead atoms. The Morgan fingerprint density at radius 2 is 2.13 bits per heavy atom. The smallest absolute Gasteiger partial charge is 0.316 e. The van der Waals surface area contributed by atoms with Gasteiger partial charge in [0.25, 0.3) is 5.91 Å². The number of amides is 1. The standard InChI is InChI=1S/C9H7FN2O2.ClH/c10-8(9(12)13)14-7-4-2-1-3-6(7)5-11;/h1-4,8H,(H2,12,13);1H. The van der Waals surface area contributed by atoms with E-state index in [-0.39, 0.29) is 23.7 Å². The van der Waals surface area contributed by atoms with Crippen LogP contribution < -0.4 is 10.5 Å². The molecule has 0 fully saturated rings. The minimum absolute atomic E-state index is 0. The van der Waals surface area contributed by atoms with E-state index in [0.29, 0.717) is 0 Å². The van der Waals surface area contributed by atoms with E-state index in [9.17, 15) is 9.18 Å². The number of para-hydroxylation sites is 1. The molecule has 0 aliphatic heterocycles. The van der Waals surface area contributed by atoms with Crippen LogP contribution in [0.3, 0.4) is 0 Å². The van der Waals surface area contributed by atoms with Crippen molar-refractivity contribution in [2.75, 3.05) is 0 Å². The van der Waals surface area contributed by atoms with Crippen molar-refractivity contribution in [1.29, 1.82) is 5.26 Å². The van der Waals surface area contributed by atoms with Crippen molar-refractivity contribution < 1.29 is 13.9 Å². The molecular weight excluding hydrogens is 223 g/mol. The first-order valence-corrected chi connectivity index (χ1v) is 3.74. The lowest BCUT2D eigenvalue weighted by molar-refractivity contribution is -0.131. The maximum atomic E-state index is 12.7. The molecule has 0 saturated carbocycles. The average Bonchev–Trinajstić information content (AvgIpc) is 2.18. The maximum absolute atomic E-state index is 12.7. The Hall–Kier alpha value is -1.80. The van der Waals surface area contributed by atoms with Gasteiger partial charge in [0.1, 0.15) is 11.8 Å². The Labute approximate surface area is 91.9 Å². The van der Waals surface area contributed by atoms with E-state index in [2.05, 4.69) is 10.5 Å². The summed E-state index contributed by atoms with van der Waals surface area (Å²) in [6.45, 7) is 0. The van der Waals surface area contributed by atoms with Gasteiger partial charge in [-0.25, -0.2) is 0 Å². The Balaban J connectivity index is 0.00000196. The lowest BCUT2D eigenvalue weighted by Crippen LogP contribution is -2.29. The number of nitrogens with zero attached hydrogens (tertiary/aromatic N) is 1. The zero-order valence-corrected chi connectivity index (χ0v) is 8.33. The highest BCUT2D eigenvalue weighted by Crippen LogP contribution is 2.18. The third-order valence-electron chi connectivity index (χ3n) is 1.46. The van der Waals surface area contributed by atoms with E-state index >= 15 is 0 Å². The molecule has 1 atom stereocenters. The van der Waals surface area contributed by atoms with Crippen molar-refractivity contribution in [3.63, 3.8) is 0 Å². The van der Waals surface area contributed by atoms with Gasteiger partial charge in [-0.05, 0) is 12.1 Å². The summed E-state index contributed by atoms with van der Waals surface area (Å²) >= 11 is 0. The predicted molar refractivity (Wildman–Crippen MR) is 53.1 cm³/mol. The van der Waals surface area contributed by atoms with Crippen LogP contribution in [0.5, 0.6) is 5.75 Å². The van der Waals surface area contributed by atoms with Gasteiger partial charge in [-0.2, -0.15) is 9.65 Å². The highest BCUT2D eigenvalue weighted by atomic mass is 35.5. The van der Waals surface area contributed by atoms with Crippen LogP contribution in [0.4, 0.5) is 4.39 Å². The fourth-order valence-electron chi connectivity index (χ4n) is 0.831. The van der Waals surface area contributed by atoms with Crippen molar-refractivity contribution >= 4 is 18.3 Å². The first kappa shape index (κ1) is 13.2. The fraction of sp³-hybridized carbons (Fsp3) is 0.111. The van der Waals surface area contributed by atoms with Crippen LogP contribution in [0.15, 0.2) is 24.3 Å². The molecule has 1 unspecified atom stereocenters. The number of carbonyl (C=O) groups excluding carboxylic acids is 1. The molecule has 1 aromatic rings. The SMILES string of the molecule is Cl.N#Cc1ccccc1OC(F)C(N)=O. The number of carbonyl (C=O) groups is 1. The summed E-state index contributed by atoms with van der Waals surface area (Å²) in [6, 6.07) is 7.79. The Morgan fingerprint density at radius 3 is 2.67 bits per heavy atom. The van der Waals surface area contributed by atoms with Gasteiger partial charge in [-0.1, -0.05) is 12.1 Å². The largest absolute Gasteiger partial charge is 0.450 e. The number of rotatable bonds is 3. The molecular formula is C9H8ClFN2O2. The van der Waals surface area contributed by atoms with E-state index in [1.165, 1.54) is 12.1 Å². The van der Waals surface area contributed by atoms with Gasteiger partial charge < -0.3 is 10.5 Å². The van der Waals surface area contributed by atoms with Crippen molar-refractivity contribution in [2.24, 2.45) is 5.73 Å². The summed E-state index contributed by atoms with van der Waals surface area (Å²) in [5.74, 6) is -1.22. The highest BCUT2D eigenvalue weighted by molar-refractivity contribution is 5.85. The minimum Gasteiger partial charge on any atom is -0.450 e. The van der Waals surface area contributed by atoms with Gasteiger partial charge in [0.2, 0.25) is 0 Å². The molecule has 0 aliphatic rings. The quantitative estimate of drug-likeness (QED) is 0.846. The normalized spacial score (nSPS) is 10.7. The summed E-state index contributed by atoms with van der Waals surface area (Å²) in [4.78, 5) is 10.3. The summed E-state index contributed by atoms with van der Waals surface area (Å²) in [7, 11) is 0. The maximum Gasteiger partial charge on any atom is 0.316 e. The van der Waals surface area contributed by atoms with E-state index < -0.39 is 12.3 Å². The number of hydrogen-bond acceptors (Lipinski definition) is 3. The molecule has 2 N–H and O–H groups in total. The van der Waals surface area contributed by atoms with E-state index in [1.54, 1.807) is 18.2 Å². The molecule has 1 aromatic carbocycles. The molecule has 0 aliphatic carbocycles. The molecule has 1 rings (SSSR count). The molecule has 0 radical (unpaired) electrons. The van der Waals surface area contributed by atoms with Crippen molar-refractivity contribution in [1.82, 2.24) is 0 Å². The minimum atomic E-state index is -2.23. The molecule has 15 heavy (non-hydrogen) atoms. The van der Waals surface area contributed by atoms with Crippen LogP contribution in [-0.2, 0) is 4.79 Å². The average molecular weight is 231 g/mol. The van der Waals surface area contributed by atoms with Gasteiger partial charge in [0.15, 0.2) is 0 Å². The third kappa shape index (κ3) is 3.44. The molecule has 80 valence electrons. The first-order valence-electron chi connectivity index (χ1n) is 3.74. The second-order valence-electron chi connectivity index (χ2n) is 2.44. The number of benzene rings is 1. The number of primary amides is 1. The summed E-state index contributed by atoms with van der Waals surface area (Å²) in [6.07, 6.45) is -2.23. The molecule has 0 heterocycles. The number of nitriles is 1. The van der Waals surface area contributed by atoms with E-state index in [0.717, 1.165) is 0 Å². The monoisotopic (exact) mass is 230 g/mol. The molecule has 1 amide bonds. The third-order valence-corrected chi connectivity index (χ3v) is 1.46. The molecule has 6 heteroatoms. The lowest BCUT2D eigenvalue weighted by atomic mass is 10.2. The van der Waals surface area contributed by atoms with Crippen LogP contribution in [-0.4, -0.2) is 12.3 Å². The summed E-state index contributed by atoms with van der Waals surface area (Å²) in [5.41, 5.74) is 4.80. The Morgan fingerprint density at radius 1 is 1.53 bits per heavy atom. The molecule has 0 saturated heterocycles. The number of hydrogen-bond donors (Lipinski definition) is 1. The number of halogens is 2. The zero-order chi connectivity index (χ0) is 10.6. The Bertz CT molecular complexity index is 392. The second-order valence-corrected chi connectivity index (χ2v) is 2.44. The molecule has 0 aromatic heterocycles. The van der Waals surface area contributed by atoms with Gasteiger partial charge in [-0.3, -0.25) is 4.79 Å². The number of ether oxygens (including phenoxy) is 1. The predicted octanol–water partition coefficient (Wildman–Crippen LogP) is 1.14. The van der Waals surface area contributed by atoms with Crippen LogP contribution in [0.2, 0.25) is 0 Å². The summed E-state index contributed by atoms with van der Waals surface area (Å²) in [5, 5.41) is 8.60. The van der Waals surface area contributed by atoms with E-state index in [4.69, 9.17) is 5.26 Å². The first-order chi connectivity index (χ1) is 6.65. The second kappa shape index (κ2) is 5.83. The summed E-state index contributed by atoms with van der Waals surface area (Å²) < 4.78 is 17.3. The number of alkyl halides is 1. The zero-order valence-electron chi connectivity index (χ0n) is 7.51. The van der Waals surface area contributed by atoms with Crippen molar-refractivity contribution in [3.8, 4) is 11.8 Å². The van der Waals surface area contributed by atoms with Gasteiger partial charge in [-0.15, -0.1) is 12.4 Å². The van der Waals surface area contributed by atoms with Crippen molar-refractivity contribution in [2.45, 2.75) is 6.36 Å². The van der Waals surface area contributed by atoms with Crippen LogP contribution in [0.1, 0.15) is 5.56 Å². The lowest BCUT2D eigenvalue weighted by Gasteiger charge is -2.08. The van der Waals surface area contributed by atoms with Crippen LogP contribution in [0.25, 0.3) is 0 Å². The van der Waals surface area contributed by atoms with Crippen LogP contribution in [0, 0.1) is 11.3 Å². The van der Waals surface area contributed by atoms with Gasteiger partial charge >= 0.3 is 6.36 Å². The molecule has 0 spiro atoms. The van der Waals surface area contributed by atoms with Crippen LogP contribution >= 0.6 is 12.4 Å². The highest BCUT2D eigenvalue weighted by Gasteiger charge is 2.16. The van der Waals surface area contributed by atoms with E-state index in [1.807, 2.05) is 0 Å². The van der Waals surface area contributed by atoms with Crippen molar-refractivity contribution in [3.05, 3.63) is 29.8 Å². The van der Waals surface area contributed by atoms with Gasteiger partial charge in [0, 0.05) is 0 Å². The number of nitrogens with two attached hydrogens (primary N) is 1. The molecule has 4 nitrogen and oxygen atoms in total.